The van der Waals surface area contributed by atoms with E-state index in [2.05, 4.69) is 15.6 Å². The van der Waals surface area contributed by atoms with Gasteiger partial charge in [-0.05, 0) is 38.3 Å². The molecule has 2 heterocycles. The highest BCUT2D eigenvalue weighted by Gasteiger charge is 2.31. The van der Waals surface area contributed by atoms with Crippen molar-refractivity contribution in [3.05, 3.63) is 23.7 Å². The summed E-state index contributed by atoms with van der Waals surface area (Å²) in [5.41, 5.74) is 5.21. The zero-order valence-corrected chi connectivity index (χ0v) is 16.6. The van der Waals surface area contributed by atoms with E-state index in [0.29, 0.717) is 30.7 Å². The lowest BCUT2D eigenvalue weighted by Crippen LogP contribution is -2.45. The third kappa shape index (κ3) is 5.27. The van der Waals surface area contributed by atoms with Crippen LogP contribution in [0.2, 0.25) is 0 Å². The van der Waals surface area contributed by atoms with Gasteiger partial charge < -0.3 is 25.7 Å². The molecule has 0 aromatic carbocycles. The van der Waals surface area contributed by atoms with Crippen molar-refractivity contribution in [1.29, 1.82) is 0 Å². The molecule has 1 saturated carbocycles. The maximum atomic E-state index is 12.7. The molecule has 0 bridgehead atoms. The molecule has 4 N–H and O–H groups in total. The molecular weight excluding hydrogens is 358 g/mol. The molecule has 3 rings (SSSR count). The molecule has 1 unspecified atom stereocenters. The van der Waals surface area contributed by atoms with Crippen molar-refractivity contribution >= 4 is 17.8 Å². The zero-order valence-electron chi connectivity index (χ0n) is 16.6. The Morgan fingerprint density at radius 3 is 2.71 bits per heavy atom. The first-order valence-corrected chi connectivity index (χ1v) is 10.3. The van der Waals surface area contributed by atoms with Gasteiger partial charge in [-0.3, -0.25) is 9.59 Å². The van der Waals surface area contributed by atoms with E-state index in [1.165, 1.54) is 19.3 Å². The van der Waals surface area contributed by atoms with Crippen LogP contribution in [0.5, 0.6) is 0 Å². The molecule has 1 atom stereocenters. The lowest BCUT2D eigenvalue weighted by atomic mass is 9.88. The number of primary amides is 1. The summed E-state index contributed by atoms with van der Waals surface area (Å²) in [4.78, 5) is 30.4. The second-order valence-corrected chi connectivity index (χ2v) is 7.57. The minimum atomic E-state index is -0.589. The number of hydrogen-bond acceptors (Lipinski definition) is 4. The third-order valence-electron chi connectivity index (χ3n) is 5.44. The van der Waals surface area contributed by atoms with Crippen LogP contribution in [0.25, 0.3) is 0 Å². The van der Waals surface area contributed by atoms with E-state index in [1.807, 2.05) is 11.8 Å². The van der Waals surface area contributed by atoms with Gasteiger partial charge in [0.15, 0.2) is 11.7 Å². The molecule has 8 nitrogen and oxygen atoms in total. The summed E-state index contributed by atoms with van der Waals surface area (Å²) in [6, 6.07) is 3.44. The summed E-state index contributed by atoms with van der Waals surface area (Å²) in [6.07, 6.45) is 6.59. The molecule has 2 amide bonds. The number of rotatable bonds is 6. The minimum Gasteiger partial charge on any atom is -0.454 e. The first kappa shape index (κ1) is 20.2. The second-order valence-electron chi connectivity index (χ2n) is 7.57. The SMILES string of the molecule is CCNC(=NCc1ccc(C(N)=O)o1)NC1CCN(C(=O)C2CCCCC2)C1. The lowest BCUT2D eigenvalue weighted by molar-refractivity contribution is -0.135. The van der Waals surface area contributed by atoms with Gasteiger partial charge >= 0.3 is 0 Å². The maximum Gasteiger partial charge on any atom is 0.284 e. The van der Waals surface area contributed by atoms with Crippen molar-refractivity contribution in [2.75, 3.05) is 19.6 Å². The predicted octanol–water partition coefficient (Wildman–Crippen LogP) is 1.61. The summed E-state index contributed by atoms with van der Waals surface area (Å²) < 4.78 is 5.37. The molecule has 154 valence electrons. The molecular formula is C20H31N5O3. The standard InChI is InChI=1S/C20H31N5O3/c1-2-22-20(23-12-16-8-9-17(28-16)18(21)26)24-15-10-11-25(13-15)19(27)14-6-4-3-5-7-14/h8-9,14-15H,2-7,10-13H2,1H3,(H2,21,26)(H2,22,23,24). The van der Waals surface area contributed by atoms with Crippen LogP contribution in [0.3, 0.4) is 0 Å². The number of nitrogens with zero attached hydrogens (tertiary/aromatic N) is 2. The lowest BCUT2D eigenvalue weighted by Gasteiger charge is -2.26. The van der Waals surface area contributed by atoms with Gasteiger partial charge in [0.05, 0.1) is 0 Å². The fourth-order valence-electron chi connectivity index (χ4n) is 3.95. The quantitative estimate of drug-likeness (QED) is 0.505. The highest BCUT2D eigenvalue weighted by molar-refractivity contribution is 5.89. The number of aliphatic imine (C=N–C) groups is 1. The fraction of sp³-hybridized carbons (Fsp3) is 0.650. The number of nitrogens with two attached hydrogens (primary N) is 1. The Morgan fingerprint density at radius 1 is 1.25 bits per heavy atom. The van der Waals surface area contributed by atoms with Crippen LogP contribution in [0.15, 0.2) is 21.5 Å². The van der Waals surface area contributed by atoms with Gasteiger partial charge in [-0.1, -0.05) is 19.3 Å². The van der Waals surface area contributed by atoms with E-state index >= 15 is 0 Å². The normalized spacial score (nSPS) is 21.0. The maximum absolute atomic E-state index is 12.7. The zero-order chi connectivity index (χ0) is 19.9. The molecule has 2 fully saturated rings. The number of carbonyl (C=O) groups is 2. The van der Waals surface area contributed by atoms with Crippen molar-refractivity contribution in [2.24, 2.45) is 16.6 Å². The second kappa shape index (κ2) is 9.61. The summed E-state index contributed by atoms with van der Waals surface area (Å²) in [6.45, 7) is 4.55. The van der Waals surface area contributed by atoms with Gasteiger partial charge in [-0.25, -0.2) is 4.99 Å². The first-order chi connectivity index (χ1) is 13.6. The van der Waals surface area contributed by atoms with Crippen LogP contribution >= 0.6 is 0 Å². The predicted molar refractivity (Wildman–Crippen MR) is 107 cm³/mol. The third-order valence-corrected chi connectivity index (χ3v) is 5.44. The summed E-state index contributed by atoms with van der Waals surface area (Å²) in [5, 5.41) is 6.64. The minimum absolute atomic E-state index is 0.135. The van der Waals surface area contributed by atoms with E-state index in [9.17, 15) is 9.59 Å². The molecule has 1 aliphatic heterocycles. The number of guanidine groups is 1. The van der Waals surface area contributed by atoms with Gasteiger partial charge in [0.1, 0.15) is 12.3 Å². The monoisotopic (exact) mass is 389 g/mol. The summed E-state index contributed by atoms with van der Waals surface area (Å²) in [7, 11) is 0. The van der Waals surface area contributed by atoms with Crippen LogP contribution in [0.4, 0.5) is 0 Å². The van der Waals surface area contributed by atoms with Crippen molar-refractivity contribution < 1.29 is 14.0 Å². The smallest absolute Gasteiger partial charge is 0.284 e. The number of hydrogen-bond donors (Lipinski definition) is 3. The number of furan rings is 1. The average molecular weight is 390 g/mol. The van der Waals surface area contributed by atoms with Crippen molar-refractivity contribution in [3.8, 4) is 0 Å². The van der Waals surface area contributed by atoms with E-state index < -0.39 is 5.91 Å². The molecule has 8 heteroatoms. The van der Waals surface area contributed by atoms with Crippen LogP contribution in [-0.4, -0.2) is 48.3 Å². The Bertz CT molecular complexity index is 708. The topological polar surface area (TPSA) is 113 Å². The van der Waals surface area contributed by atoms with Gasteiger partial charge in [0.25, 0.3) is 5.91 Å². The fourth-order valence-corrected chi connectivity index (χ4v) is 3.95. The number of nitrogens with one attached hydrogen (secondary N) is 2. The Morgan fingerprint density at radius 2 is 2.04 bits per heavy atom. The Balaban J connectivity index is 1.53. The van der Waals surface area contributed by atoms with Crippen molar-refractivity contribution in [2.45, 2.75) is 58.0 Å². The molecule has 2 aliphatic rings. The van der Waals surface area contributed by atoms with Crippen LogP contribution in [0.1, 0.15) is 61.8 Å². The van der Waals surface area contributed by atoms with Gasteiger partial charge in [0, 0.05) is 31.6 Å². The van der Waals surface area contributed by atoms with Crippen LogP contribution in [0, 0.1) is 5.92 Å². The van der Waals surface area contributed by atoms with Gasteiger partial charge in [-0.2, -0.15) is 0 Å². The molecule has 1 aromatic heterocycles. The summed E-state index contributed by atoms with van der Waals surface area (Å²) in [5.74, 6) is 1.33. The highest BCUT2D eigenvalue weighted by Crippen LogP contribution is 2.26. The molecule has 28 heavy (non-hydrogen) atoms. The number of amides is 2. The van der Waals surface area contributed by atoms with E-state index in [4.69, 9.17) is 10.2 Å². The molecule has 1 aliphatic carbocycles. The van der Waals surface area contributed by atoms with Crippen LogP contribution < -0.4 is 16.4 Å². The molecule has 0 radical (unpaired) electrons. The average Bonchev–Trinajstić information content (AvgIpc) is 3.36. The molecule has 1 saturated heterocycles. The summed E-state index contributed by atoms with van der Waals surface area (Å²) >= 11 is 0. The van der Waals surface area contributed by atoms with Crippen molar-refractivity contribution in [1.82, 2.24) is 15.5 Å². The Labute approximate surface area is 165 Å². The Kier molecular flexibility index (Phi) is 6.95. The number of carbonyl (C=O) groups excluding carboxylic acids is 2. The highest BCUT2D eigenvalue weighted by atomic mass is 16.3. The molecule has 0 spiro atoms. The first-order valence-electron chi connectivity index (χ1n) is 10.3. The van der Waals surface area contributed by atoms with Gasteiger partial charge in [-0.15, -0.1) is 0 Å². The van der Waals surface area contributed by atoms with E-state index in [-0.39, 0.29) is 17.7 Å². The van der Waals surface area contributed by atoms with E-state index in [1.54, 1.807) is 12.1 Å². The largest absolute Gasteiger partial charge is 0.454 e. The van der Waals surface area contributed by atoms with E-state index in [0.717, 1.165) is 32.4 Å². The molecule has 1 aromatic rings. The van der Waals surface area contributed by atoms with Gasteiger partial charge in [0.2, 0.25) is 5.91 Å². The van der Waals surface area contributed by atoms with Crippen LogP contribution in [-0.2, 0) is 11.3 Å². The Hall–Kier alpha value is -2.51. The van der Waals surface area contributed by atoms with Crippen molar-refractivity contribution in [3.63, 3.8) is 0 Å². The number of likely N-dealkylation sites (tertiary alicyclic amines) is 1.